The predicted molar refractivity (Wildman–Crippen MR) is 87.4 cm³/mol. The highest BCUT2D eigenvalue weighted by atomic mass is 32.1. The van der Waals surface area contributed by atoms with Gasteiger partial charge in [0, 0.05) is 6.08 Å². The topological polar surface area (TPSA) is 68.3 Å². The van der Waals surface area contributed by atoms with Gasteiger partial charge in [0.2, 0.25) is 5.91 Å². The summed E-state index contributed by atoms with van der Waals surface area (Å²) in [6.07, 6.45) is 3.03. The molecule has 0 aliphatic heterocycles. The lowest BCUT2D eigenvalue weighted by Crippen LogP contribution is -2.44. The van der Waals surface area contributed by atoms with Gasteiger partial charge in [-0.05, 0) is 24.1 Å². The van der Waals surface area contributed by atoms with E-state index in [4.69, 9.17) is 0 Å². The van der Waals surface area contributed by atoms with Crippen LogP contribution in [0.25, 0.3) is 16.3 Å². The highest BCUT2D eigenvalue weighted by Crippen LogP contribution is 2.22. The highest BCUT2D eigenvalue weighted by molar-refractivity contribution is 7.19. The quantitative estimate of drug-likeness (QED) is 0.680. The normalized spacial score (nSPS) is 12.7. The van der Waals surface area contributed by atoms with Crippen molar-refractivity contribution in [2.75, 3.05) is 7.11 Å². The third kappa shape index (κ3) is 3.92. The van der Waals surface area contributed by atoms with Crippen LogP contribution in [0.1, 0.15) is 18.9 Å². The molecule has 1 N–H and O–H groups in total. The Balaban J connectivity index is 2.05. The van der Waals surface area contributed by atoms with Crippen molar-refractivity contribution in [2.45, 2.75) is 19.9 Å². The number of esters is 1. The smallest absolute Gasteiger partial charge is 0.328 e. The lowest BCUT2D eigenvalue weighted by Gasteiger charge is -2.18. The number of nitrogens with one attached hydrogen (secondary N) is 1. The fourth-order valence-electron chi connectivity index (χ4n) is 1.93. The Kier molecular flexibility index (Phi) is 5.27. The van der Waals surface area contributed by atoms with Gasteiger partial charge in [0.15, 0.2) is 0 Å². The Morgan fingerprint density at radius 3 is 2.68 bits per heavy atom. The van der Waals surface area contributed by atoms with Crippen molar-refractivity contribution in [2.24, 2.45) is 5.92 Å². The van der Waals surface area contributed by atoms with Crippen LogP contribution in [0, 0.1) is 5.92 Å². The summed E-state index contributed by atoms with van der Waals surface area (Å²) in [4.78, 5) is 28.0. The summed E-state index contributed by atoms with van der Waals surface area (Å²) in [6, 6.07) is 7.12. The number of benzene rings is 1. The zero-order valence-corrected chi connectivity index (χ0v) is 13.5. The molecule has 0 bridgehead atoms. The molecule has 5 nitrogen and oxygen atoms in total. The fraction of sp³-hybridized carbons (Fsp3) is 0.312. The number of amides is 1. The maximum absolute atomic E-state index is 11.9. The standard InChI is InChI=1S/C16H18N2O3S/c1-10(2)15(16(20)21-3)18-13(19)8-9-14-17-11-6-4-5-7-12(11)22-14/h4-10,15H,1-3H3,(H,18,19). The van der Waals surface area contributed by atoms with E-state index < -0.39 is 12.0 Å². The highest BCUT2D eigenvalue weighted by Gasteiger charge is 2.23. The summed E-state index contributed by atoms with van der Waals surface area (Å²) >= 11 is 1.51. The molecular formula is C16H18N2O3S. The summed E-state index contributed by atoms with van der Waals surface area (Å²) in [6.45, 7) is 3.69. The van der Waals surface area contributed by atoms with Crippen LogP contribution in [0.2, 0.25) is 0 Å². The second-order valence-corrected chi connectivity index (χ2v) is 6.17. The van der Waals surface area contributed by atoms with Crippen molar-refractivity contribution in [1.29, 1.82) is 0 Å². The number of carbonyl (C=O) groups excluding carboxylic acids is 2. The van der Waals surface area contributed by atoms with E-state index in [0.717, 1.165) is 15.2 Å². The fourth-order valence-corrected chi connectivity index (χ4v) is 2.80. The van der Waals surface area contributed by atoms with Gasteiger partial charge in [0.1, 0.15) is 11.0 Å². The number of rotatable bonds is 5. The van der Waals surface area contributed by atoms with Crippen LogP contribution in [0.15, 0.2) is 30.3 Å². The van der Waals surface area contributed by atoms with Crippen molar-refractivity contribution >= 4 is 39.5 Å². The summed E-state index contributed by atoms with van der Waals surface area (Å²) in [5.74, 6) is -0.840. The molecule has 2 rings (SSSR count). The van der Waals surface area contributed by atoms with Gasteiger partial charge in [-0.3, -0.25) is 4.79 Å². The number of fused-ring (bicyclic) bond motifs is 1. The molecule has 0 saturated carbocycles. The lowest BCUT2D eigenvalue weighted by molar-refractivity contribution is -0.145. The van der Waals surface area contributed by atoms with Crippen LogP contribution in [-0.4, -0.2) is 30.0 Å². The van der Waals surface area contributed by atoms with E-state index in [0.29, 0.717) is 0 Å². The van der Waals surface area contributed by atoms with Crippen molar-refractivity contribution in [3.05, 3.63) is 35.3 Å². The summed E-state index contributed by atoms with van der Waals surface area (Å²) in [5, 5.41) is 3.39. The van der Waals surface area contributed by atoms with Gasteiger partial charge in [0.25, 0.3) is 0 Å². The Hall–Kier alpha value is -2.21. The minimum absolute atomic E-state index is 0.0488. The van der Waals surface area contributed by atoms with E-state index in [1.807, 2.05) is 38.1 Å². The average molecular weight is 318 g/mol. The number of hydrogen-bond acceptors (Lipinski definition) is 5. The van der Waals surface area contributed by atoms with Gasteiger partial charge in [0.05, 0.1) is 17.3 Å². The summed E-state index contributed by atoms with van der Waals surface area (Å²) in [5.41, 5.74) is 0.905. The van der Waals surface area contributed by atoms with Crippen LogP contribution in [-0.2, 0) is 14.3 Å². The number of ether oxygens (including phenoxy) is 1. The minimum atomic E-state index is -0.655. The Labute approximate surface area is 133 Å². The number of aromatic nitrogens is 1. The van der Waals surface area contributed by atoms with Crippen molar-refractivity contribution in [3.8, 4) is 0 Å². The van der Waals surface area contributed by atoms with Crippen molar-refractivity contribution in [1.82, 2.24) is 10.3 Å². The molecule has 1 atom stereocenters. The van der Waals surface area contributed by atoms with E-state index in [9.17, 15) is 9.59 Å². The maximum atomic E-state index is 11.9. The Morgan fingerprint density at radius 1 is 1.32 bits per heavy atom. The second-order valence-electron chi connectivity index (χ2n) is 5.11. The number of para-hydroxylation sites is 1. The van der Waals surface area contributed by atoms with E-state index >= 15 is 0 Å². The minimum Gasteiger partial charge on any atom is -0.467 e. The first kappa shape index (κ1) is 16.2. The number of methoxy groups -OCH3 is 1. The monoisotopic (exact) mass is 318 g/mol. The molecule has 1 aromatic carbocycles. The molecule has 6 heteroatoms. The van der Waals surface area contributed by atoms with E-state index in [1.54, 1.807) is 6.08 Å². The third-order valence-electron chi connectivity index (χ3n) is 3.11. The molecule has 1 unspecified atom stereocenters. The molecule has 0 aliphatic rings. The average Bonchev–Trinajstić information content (AvgIpc) is 2.92. The van der Waals surface area contributed by atoms with Crippen molar-refractivity contribution in [3.63, 3.8) is 0 Å². The number of carbonyl (C=O) groups is 2. The SMILES string of the molecule is COC(=O)C(NC(=O)C=Cc1nc2ccccc2s1)C(C)C. The van der Waals surface area contributed by atoms with E-state index in [2.05, 4.69) is 15.0 Å². The maximum Gasteiger partial charge on any atom is 0.328 e. The van der Waals surface area contributed by atoms with Gasteiger partial charge in [-0.1, -0.05) is 26.0 Å². The van der Waals surface area contributed by atoms with Crippen LogP contribution >= 0.6 is 11.3 Å². The van der Waals surface area contributed by atoms with Gasteiger partial charge in [-0.15, -0.1) is 11.3 Å². The zero-order chi connectivity index (χ0) is 16.1. The van der Waals surface area contributed by atoms with Crippen LogP contribution in [0.5, 0.6) is 0 Å². The molecule has 1 amide bonds. The molecule has 2 aromatic rings. The van der Waals surface area contributed by atoms with Crippen LogP contribution < -0.4 is 5.32 Å². The van der Waals surface area contributed by atoms with Crippen LogP contribution in [0.4, 0.5) is 0 Å². The molecule has 0 spiro atoms. The Bertz CT molecular complexity index is 673. The van der Waals surface area contributed by atoms with Gasteiger partial charge in [-0.25, -0.2) is 9.78 Å². The molecule has 22 heavy (non-hydrogen) atoms. The molecule has 0 aliphatic carbocycles. The molecule has 0 saturated heterocycles. The third-order valence-corrected chi connectivity index (χ3v) is 4.11. The molecule has 1 heterocycles. The number of nitrogens with zero attached hydrogens (tertiary/aromatic N) is 1. The number of thiazole rings is 1. The molecular weight excluding hydrogens is 300 g/mol. The van der Waals surface area contributed by atoms with E-state index in [-0.39, 0.29) is 11.8 Å². The number of hydrogen-bond donors (Lipinski definition) is 1. The predicted octanol–water partition coefficient (Wildman–Crippen LogP) is 2.62. The molecule has 1 aromatic heterocycles. The molecule has 116 valence electrons. The molecule has 0 fully saturated rings. The van der Waals surface area contributed by atoms with Gasteiger partial charge in [-0.2, -0.15) is 0 Å². The molecule has 0 radical (unpaired) electrons. The van der Waals surface area contributed by atoms with Gasteiger partial charge >= 0.3 is 5.97 Å². The summed E-state index contributed by atoms with van der Waals surface area (Å²) in [7, 11) is 1.31. The first-order chi connectivity index (χ1) is 10.5. The van der Waals surface area contributed by atoms with Gasteiger partial charge < -0.3 is 10.1 Å². The Morgan fingerprint density at radius 2 is 2.05 bits per heavy atom. The van der Waals surface area contributed by atoms with E-state index in [1.165, 1.54) is 24.5 Å². The zero-order valence-electron chi connectivity index (χ0n) is 12.7. The first-order valence-corrected chi connectivity index (χ1v) is 7.75. The first-order valence-electron chi connectivity index (χ1n) is 6.93. The largest absolute Gasteiger partial charge is 0.467 e. The lowest BCUT2D eigenvalue weighted by atomic mass is 10.0. The second kappa shape index (κ2) is 7.17. The van der Waals surface area contributed by atoms with Crippen LogP contribution in [0.3, 0.4) is 0 Å². The summed E-state index contributed by atoms with van der Waals surface area (Å²) < 4.78 is 5.76. The van der Waals surface area contributed by atoms with Crippen molar-refractivity contribution < 1.29 is 14.3 Å².